The standard InChI is InChI=1S/C7H7N7O2/c1-14-6-4(10-15-12-6)2(8)3(9)5-7(14)13-16-11-5/h8-10,12H,1H3. The lowest BCUT2D eigenvalue weighted by Crippen LogP contribution is -2.23. The Morgan fingerprint density at radius 3 is 2.81 bits per heavy atom. The summed E-state index contributed by atoms with van der Waals surface area (Å²) in [5, 5.41) is 22.8. The second kappa shape index (κ2) is 2.79. The Balaban J connectivity index is 2.69. The lowest BCUT2D eigenvalue weighted by atomic mass is 10.4. The maximum Gasteiger partial charge on any atom is 0.208 e. The van der Waals surface area contributed by atoms with Gasteiger partial charge >= 0.3 is 0 Å². The highest BCUT2D eigenvalue weighted by molar-refractivity contribution is 5.76. The van der Waals surface area contributed by atoms with Gasteiger partial charge in [0, 0.05) is 7.05 Å². The van der Waals surface area contributed by atoms with Crippen LogP contribution < -0.4 is 21.7 Å². The van der Waals surface area contributed by atoms with E-state index in [1.54, 1.807) is 11.6 Å². The minimum absolute atomic E-state index is 0.0405. The van der Waals surface area contributed by atoms with E-state index in [-0.39, 0.29) is 16.2 Å². The number of anilines is 2. The van der Waals surface area contributed by atoms with Gasteiger partial charge in [-0.25, -0.2) is 15.6 Å². The van der Waals surface area contributed by atoms with Crippen LogP contribution in [0.5, 0.6) is 0 Å². The number of aromatic nitrogens is 3. The van der Waals surface area contributed by atoms with Gasteiger partial charge in [0.2, 0.25) is 5.65 Å². The van der Waals surface area contributed by atoms with Crippen molar-refractivity contribution in [1.82, 2.24) is 14.9 Å². The van der Waals surface area contributed by atoms with Gasteiger partial charge in [0.05, 0.1) is 0 Å². The molecule has 1 aliphatic heterocycles. The Hall–Kier alpha value is -2.42. The molecule has 4 N–H and O–H groups in total. The Bertz CT molecular complexity index is 700. The third-order valence-corrected chi connectivity index (χ3v) is 2.40. The Morgan fingerprint density at radius 1 is 1.19 bits per heavy atom. The van der Waals surface area contributed by atoms with Crippen LogP contribution in [0, 0.1) is 10.8 Å². The number of nitrogens with one attached hydrogen (secondary N) is 4. The second-order valence-corrected chi connectivity index (χ2v) is 3.28. The molecule has 0 saturated carbocycles. The summed E-state index contributed by atoms with van der Waals surface area (Å²) >= 11 is 0. The number of fused-ring (bicyclic) bond motifs is 2. The van der Waals surface area contributed by atoms with Gasteiger partial charge in [-0.05, 0) is 10.3 Å². The highest BCUT2D eigenvalue weighted by Gasteiger charge is 2.19. The normalized spacial score (nSPS) is 13.3. The van der Waals surface area contributed by atoms with Crippen molar-refractivity contribution in [2.45, 2.75) is 0 Å². The molecule has 0 fully saturated rings. The molecule has 3 heterocycles. The minimum atomic E-state index is -0.0760. The van der Waals surface area contributed by atoms with Gasteiger partial charge in [-0.3, -0.25) is 10.8 Å². The van der Waals surface area contributed by atoms with Gasteiger partial charge < -0.3 is 4.57 Å². The fraction of sp³-hybridized carbons (Fsp3) is 0.143. The number of nitrogens with zero attached hydrogens (tertiary/aromatic N) is 3. The van der Waals surface area contributed by atoms with Crippen LogP contribution >= 0.6 is 0 Å². The van der Waals surface area contributed by atoms with Crippen molar-refractivity contribution in [2.24, 2.45) is 7.05 Å². The zero-order chi connectivity index (χ0) is 11.3. The summed E-state index contributed by atoms with van der Waals surface area (Å²) in [6, 6.07) is 0. The van der Waals surface area contributed by atoms with Gasteiger partial charge in [0.1, 0.15) is 16.4 Å². The average molecular weight is 221 g/mol. The molecule has 2 aromatic rings. The average Bonchev–Trinajstić information content (AvgIpc) is 2.92. The number of hydrogen-bond acceptors (Lipinski definition) is 8. The fourth-order valence-electron chi connectivity index (χ4n) is 1.54. The van der Waals surface area contributed by atoms with Crippen LogP contribution in [0.15, 0.2) is 4.63 Å². The molecule has 0 spiro atoms. The first kappa shape index (κ1) is 8.85. The molecule has 0 amide bonds. The maximum absolute atomic E-state index is 7.82. The Morgan fingerprint density at radius 2 is 2.00 bits per heavy atom. The molecular weight excluding hydrogens is 214 g/mol. The zero-order valence-electron chi connectivity index (χ0n) is 8.16. The molecule has 3 rings (SSSR count). The van der Waals surface area contributed by atoms with Crippen molar-refractivity contribution in [1.29, 1.82) is 10.8 Å². The summed E-state index contributed by atoms with van der Waals surface area (Å²) in [4.78, 5) is 4.80. The highest BCUT2D eigenvalue weighted by Crippen LogP contribution is 2.21. The van der Waals surface area contributed by atoms with E-state index in [1.807, 2.05) is 0 Å². The molecule has 0 aliphatic carbocycles. The van der Waals surface area contributed by atoms with Gasteiger partial charge in [0.15, 0.2) is 11.3 Å². The monoisotopic (exact) mass is 221 g/mol. The molecule has 9 nitrogen and oxygen atoms in total. The van der Waals surface area contributed by atoms with E-state index < -0.39 is 0 Å². The van der Waals surface area contributed by atoms with Crippen molar-refractivity contribution >= 4 is 22.7 Å². The van der Waals surface area contributed by atoms with Crippen molar-refractivity contribution in [3.8, 4) is 0 Å². The third-order valence-electron chi connectivity index (χ3n) is 2.40. The quantitative estimate of drug-likeness (QED) is 0.461. The number of aryl methyl sites for hydroxylation is 1. The van der Waals surface area contributed by atoms with Gasteiger partial charge in [-0.15, -0.1) is 0 Å². The molecule has 0 unspecified atom stereocenters. The van der Waals surface area contributed by atoms with Crippen molar-refractivity contribution < 1.29 is 9.57 Å². The molecule has 0 saturated heterocycles. The van der Waals surface area contributed by atoms with Gasteiger partial charge in [-0.1, -0.05) is 0 Å². The summed E-state index contributed by atoms with van der Waals surface area (Å²) in [5.74, 6) is 0.490. The van der Waals surface area contributed by atoms with E-state index in [0.29, 0.717) is 17.2 Å². The smallest absolute Gasteiger partial charge is 0.208 e. The van der Waals surface area contributed by atoms with E-state index >= 15 is 0 Å². The van der Waals surface area contributed by atoms with Crippen LogP contribution in [0.2, 0.25) is 0 Å². The zero-order valence-corrected chi connectivity index (χ0v) is 8.16. The molecule has 2 aromatic heterocycles. The van der Waals surface area contributed by atoms with Crippen LogP contribution in [0.4, 0.5) is 11.5 Å². The first-order valence-electron chi connectivity index (χ1n) is 4.37. The summed E-state index contributed by atoms with van der Waals surface area (Å²) in [7, 11) is 1.70. The summed E-state index contributed by atoms with van der Waals surface area (Å²) < 4.78 is 6.16. The molecule has 0 bridgehead atoms. The lowest BCUT2D eigenvalue weighted by molar-refractivity contribution is 0.279. The van der Waals surface area contributed by atoms with E-state index in [1.165, 1.54) is 0 Å². The molecule has 1 aliphatic rings. The Kier molecular flexibility index (Phi) is 1.55. The third kappa shape index (κ3) is 0.918. The Labute approximate surface area is 87.5 Å². The molecular formula is C7H7N7O2. The van der Waals surface area contributed by atoms with Crippen molar-refractivity contribution in [2.75, 3.05) is 11.0 Å². The highest BCUT2D eigenvalue weighted by atomic mass is 16.8. The van der Waals surface area contributed by atoms with Crippen LogP contribution in [-0.4, -0.2) is 14.9 Å². The second-order valence-electron chi connectivity index (χ2n) is 3.28. The summed E-state index contributed by atoms with van der Waals surface area (Å²) in [6.45, 7) is 0. The predicted octanol–water partition coefficient (Wildman–Crippen LogP) is -0.796. The fourth-order valence-corrected chi connectivity index (χ4v) is 1.54. The van der Waals surface area contributed by atoms with E-state index in [9.17, 15) is 0 Å². The van der Waals surface area contributed by atoms with E-state index in [0.717, 1.165) is 0 Å². The molecule has 16 heavy (non-hydrogen) atoms. The van der Waals surface area contributed by atoms with Crippen molar-refractivity contribution in [3.63, 3.8) is 0 Å². The number of hydrogen-bond donors (Lipinski definition) is 4. The van der Waals surface area contributed by atoms with Crippen LogP contribution in [0.3, 0.4) is 0 Å². The first-order chi connectivity index (χ1) is 7.70. The van der Waals surface area contributed by atoms with Gasteiger partial charge in [-0.2, -0.15) is 4.94 Å². The largest absolute Gasteiger partial charge is 0.308 e. The van der Waals surface area contributed by atoms with Crippen LogP contribution in [0.1, 0.15) is 0 Å². The molecule has 9 heteroatoms. The molecule has 82 valence electrons. The van der Waals surface area contributed by atoms with E-state index in [4.69, 9.17) is 15.8 Å². The minimum Gasteiger partial charge on any atom is -0.308 e. The summed E-state index contributed by atoms with van der Waals surface area (Å²) in [5.41, 5.74) is 6.04. The van der Waals surface area contributed by atoms with Crippen molar-refractivity contribution in [3.05, 3.63) is 10.7 Å². The maximum atomic E-state index is 7.82. The molecule has 0 atom stereocenters. The van der Waals surface area contributed by atoms with Crippen LogP contribution in [-0.2, 0) is 12.0 Å². The van der Waals surface area contributed by atoms with Gasteiger partial charge in [0.25, 0.3) is 0 Å². The van der Waals surface area contributed by atoms with Crippen LogP contribution in [0.25, 0.3) is 11.2 Å². The first-order valence-corrected chi connectivity index (χ1v) is 4.37. The number of rotatable bonds is 0. The van der Waals surface area contributed by atoms with E-state index in [2.05, 4.69) is 25.9 Å². The predicted molar refractivity (Wildman–Crippen MR) is 50.8 cm³/mol. The lowest BCUT2D eigenvalue weighted by Gasteiger charge is -1.98. The topological polar surface area (TPSA) is 125 Å². The molecule has 0 aromatic carbocycles. The SMILES string of the molecule is Cn1c2c(c(=N)c(=N)c3nonc31)NON2. The summed E-state index contributed by atoms with van der Waals surface area (Å²) in [6.07, 6.45) is 0. The molecule has 0 radical (unpaired) electrons.